The lowest BCUT2D eigenvalue weighted by molar-refractivity contribution is -0.159. The van der Waals surface area contributed by atoms with Crippen LogP contribution in [0.3, 0.4) is 0 Å². The van der Waals surface area contributed by atoms with Crippen LogP contribution in [0.25, 0.3) is 0 Å². The Labute approximate surface area is 205 Å². The number of unbranched alkanes of at least 4 members (excludes halogenated alkanes) is 6. The van der Waals surface area contributed by atoms with E-state index in [4.69, 9.17) is 9.47 Å². The molecule has 0 radical (unpaired) electrons. The van der Waals surface area contributed by atoms with E-state index >= 15 is 0 Å². The van der Waals surface area contributed by atoms with Crippen LogP contribution in [-0.4, -0.2) is 36.5 Å². The second-order valence-corrected chi connectivity index (χ2v) is 10.6. The van der Waals surface area contributed by atoms with Gasteiger partial charge in [0.2, 0.25) is 0 Å². The number of alkyl halides is 2. The van der Waals surface area contributed by atoms with Gasteiger partial charge in [-0.25, -0.2) is 18.4 Å². The summed E-state index contributed by atoms with van der Waals surface area (Å²) < 4.78 is 39.1. The van der Waals surface area contributed by atoms with Crippen molar-refractivity contribution < 1.29 is 27.8 Å². The Morgan fingerprint density at radius 1 is 0.618 bits per heavy atom. The van der Waals surface area contributed by atoms with Crippen molar-refractivity contribution in [1.29, 1.82) is 0 Å². The van der Waals surface area contributed by atoms with E-state index in [0.29, 0.717) is 11.8 Å². The zero-order valence-corrected chi connectivity index (χ0v) is 21.6. The fourth-order valence-electron chi connectivity index (χ4n) is 5.57. The molecule has 0 aromatic heterocycles. The predicted molar refractivity (Wildman–Crippen MR) is 131 cm³/mol. The molecule has 0 bridgehead atoms. The second kappa shape index (κ2) is 16.5. The molecule has 198 valence electrons. The molecular formula is C28H48F2O4. The first-order valence-electron chi connectivity index (χ1n) is 14.1. The maximum Gasteiger partial charge on any atom is 0.340 e. The second-order valence-electron chi connectivity index (χ2n) is 10.6. The SMILES string of the molecule is CCCCCC[C@@H](F)C(=O)OC1CCC(C2CCC(OC(=O)[C@H](F)CCCCCC)CC2)CC1. The molecule has 2 aliphatic rings. The lowest BCUT2D eigenvalue weighted by Gasteiger charge is -2.37. The summed E-state index contributed by atoms with van der Waals surface area (Å²) in [5, 5.41) is 0. The third-order valence-corrected chi connectivity index (χ3v) is 7.80. The molecule has 2 fully saturated rings. The van der Waals surface area contributed by atoms with E-state index in [1.807, 2.05) is 0 Å². The van der Waals surface area contributed by atoms with E-state index in [0.717, 1.165) is 103 Å². The third-order valence-electron chi connectivity index (χ3n) is 7.80. The fourth-order valence-corrected chi connectivity index (χ4v) is 5.57. The van der Waals surface area contributed by atoms with Crippen molar-refractivity contribution in [3.63, 3.8) is 0 Å². The van der Waals surface area contributed by atoms with Crippen LogP contribution in [-0.2, 0) is 19.1 Å². The van der Waals surface area contributed by atoms with Crippen molar-refractivity contribution in [1.82, 2.24) is 0 Å². The van der Waals surface area contributed by atoms with Crippen molar-refractivity contribution in [3.05, 3.63) is 0 Å². The number of esters is 2. The van der Waals surface area contributed by atoms with Crippen LogP contribution < -0.4 is 0 Å². The van der Waals surface area contributed by atoms with Gasteiger partial charge in [0.1, 0.15) is 12.2 Å². The Balaban J connectivity index is 1.60. The van der Waals surface area contributed by atoms with Gasteiger partial charge in [0, 0.05) is 0 Å². The van der Waals surface area contributed by atoms with Gasteiger partial charge in [-0.2, -0.15) is 0 Å². The molecule has 2 saturated carbocycles. The Bertz CT molecular complexity index is 519. The number of rotatable bonds is 15. The lowest BCUT2D eigenvalue weighted by atomic mass is 9.72. The number of hydrogen-bond acceptors (Lipinski definition) is 4. The number of hydrogen-bond donors (Lipinski definition) is 0. The zero-order chi connectivity index (χ0) is 24.8. The Morgan fingerprint density at radius 3 is 1.29 bits per heavy atom. The van der Waals surface area contributed by atoms with Crippen molar-refractivity contribution in [2.24, 2.45) is 11.8 Å². The van der Waals surface area contributed by atoms with E-state index in [2.05, 4.69) is 13.8 Å². The summed E-state index contributed by atoms with van der Waals surface area (Å²) in [4.78, 5) is 24.1. The van der Waals surface area contributed by atoms with Gasteiger partial charge in [-0.1, -0.05) is 52.4 Å². The molecule has 0 spiro atoms. The maximum atomic E-state index is 14.1. The molecule has 2 rings (SSSR count). The lowest BCUT2D eigenvalue weighted by Crippen LogP contribution is -2.34. The molecule has 0 saturated heterocycles. The van der Waals surface area contributed by atoms with Gasteiger partial charge in [0.15, 0.2) is 12.3 Å². The van der Waals surface area contributed by atoms with Crippen molar-refractivity contribution in [3.8, 4) is 0 Å². The minimum absolute atomic E-state index is 0.159. The number of ether oxygens (including phenoxy) is 2. The van der Waals surface area contributed by atoms with Crippen LogP contribution >= 0.6 is 0 Å². The van der Waals surface area contributed by atoms with Gasteiger partial charge >= 0.3 is 11.9 Å². The molecule has 0 N–H and O–H groups in total. The smallest absolute Gasteiger partial charge is 0.340 e. The van der Waals surface area contributed by atoms with Gasteiger partial charge in [0.05, 0.1) is 0 Å². The first-order chi connectivity index (χ1) is 16.4. The van der Waals surface area contributed by atoms with E-state index < -0.39 is 24.3 Å². The van der Waals surface area contributed by atoms with Gasteiger partial charge in [-0.05, 0) is 88.9 Å². The van der Waals surface area contributed by atoms with E-state index in [-0.39, 0.29) is 25.0 Å². The summed E-state index contributed by atoms with van der Waals surface area (Å²) in [6.07, 6.45) is 12.1. The highest BCUT2D eigenvalue weighted by Gasteiger charge is 2.34. The quantitative estimate of drug-likeness (QED) is 0.175. The van der Waals surface area contributed by atoms with Crippen LogP contribution in [0.5, 0.6) is 0 Å². The van der Waals surface area contributed by atoms with Gasteiger partial charge in [0.25, 0.3) is 0 Å². The predicted octanol–water partition coefficient (Wildman–Crippen LogP) is 7.81. The average molecular weight is 487 g/mol. The first kappa shape index (κ1) is 29.0. The molecule has 0 unspecified atom stereocenters. The largest absolute Gasteiger partial charge is 0.460 e. The van der Waals surface area contributed by atoms with Crippen LogP contribution in [0.2, 0.25) is 0 Å². The number of carbonyl (C=O) groups excluding carboxylic acids is 2. The molecule has 0 heterocycles. The molecule has 0 aromatic rings. The van der Waals surface area contributed by atoms with Gasteiger partial charge in [-0.15, -0.1) is 0 Å². The van der Waals surface area contributed by atoms with Gasteiger partial charge < -0.3 is 9.47 Å². The highest BCUT2D eigenvalue weighted by atomic mass is 19.1. The highest BCUT2D eigenvalue weighted by Crippen LogP contribution is 2.39. The first-order valence-corrected chi connectivity index (χ1v) is 14.1. The van der Waals surface area contributed by atoms with Crippen LogP contribution in [0.1, 0.15) is 129 Å². The number of halogens is 2. The molecule has 2 atom stereocenters. The molecule has 2 aliphatic carbocycles. The summed E-state index contributed by atoms with van der Waals surface area (Å²) in [5.74, 6) is -0.207. The summed E-state index contributed by atoms with van der Waals surface area (Å²) in [6, 6.07) is 0. The highest BCUT2D eigenvalue weighted by molar-refractivity contribution is 5.75. The molecule has 0 aromatic carbocycles. The maximum absolute atomic E-state index is 14.1. The van der Waals surface area contributed by atoms with Crippen molar-refractivity contribution in [2.45, 2.75) is 154 Å². The van der Waals surface area contributed by atoms with Crippen molar-refractivity contribution >= 4 is 11.9 Å². The Hall–Kier alpha value is -1.20. The minimum atomic E-state index is -1.49. The summed E-state index contributed by atoms with van der Waals surface area (Å²) >= 11 is 0. The topological polar surface area (TPSA) is 52.6 Å². The van der Waals surface area contributed by atoms with Crippen LogP contribution in [0.4, 0.5) is 8.78 Å². The van der Waals surface area contributed by atoms with Gasteiger partial charge in [-0.3, -0.25) is 0 Å². The molecular weight excluding hydrogens is 438 g/mol. The van der Waals surface area contributed by atoms with Crippen LogP contribution in [0, 0.1) is 11.8 Å². The molecule has 4 nitrogen and oxygen atoms in total. The summed E-state index contributed by atoms with van der Waals surface area (Å²) in [6.45, 7) is 4.21. The van der Waals surface area contributed by atoms with E-state index in [1.54, 1.807) is 0 Å². The normalized spacial score (nSPS) is 27.1. The molecule has 0 aliphatic heterocycles. The average Bonchev–Trinajstić information content (AvgIpc) is 2.85. The third kappa shape index (κ3) is 10.6. The monoisotopic (exact) mass is 486 g/mol. The molecule has 6 heteroatoms. The summed E-state index contributed by atoms with van der Waals surface area (Å²) in [5.41, 5.74) is 0. The van der Waals surface area contributed by atoms with E-state index in [1.165, 1.54) is 0 Å². The Morgan fingerprint density at radius 2 is 0.971 bits per heavy atom. The fraction of sp³-hybridized carbons (Fsp3) is 0.929. The van der Waals surface area contributed by atoms with Crippen molar-refractivity contribution in [2.75, 3.05) is 0 Å². The molecule has 0 amide bonds. The number of carbonyl (C=O) groups is 2. The molecule has 34 heavy (non-hydrogen) atoms. The van der Waals surface area contributed by atoms with E-state index in [9.17, 15) is 18.4 Å². The van der Waals surface area contributed by atoms with Crippen LogP contribution in [0.15, 0.2) is 0 Å². The Kier molecular flexibility index (Phi) is 14.1. The summed E-state index contributed by atoms with van der Waals surface area (Å²) in [7, 11) is 0. The minimum Gasteiger partial charge on any atom is -0.460 e. The standard InChI is InChI=1S/C28H48F2O4/c1-3-5-7-9-11-25(29)27(31)33-23-17-13-21(14-18-23)22-15-19-24(20-16-22)34-28(32)26(30)12-10-8-6-4-2/h21-26H,3-20H2,1-2H3/t21?,22?,23?,24?,25-,26-/m1/s1. The zero-order valence-electron chi connectivity index (χ0n) is 21.6.